The number of carbonyl (C=O) groups is 1. The SMILES string of the molecule is CC(C)C(N)CC(=O)c1ccccc1Cl. The second-order valence-electron chi connectivity index (χ2n) is 4.02. The Bertz CT molecular complexity index is 349. The zero-order valence-corrected chi connectivity index (χ0v) is 9.79. The molecule has 15 heavy (non-hydrogen) atoms. The van der Waals surface area contributed by atoms with Crippen molar-refractivity contribution in [3.05, 3.63) is 34.9 Å². The molecule has 1 aromatic rings. The molecule has 0 aliphatic rings. The first-order chi connectivity index (χ1) is 7.02. The normalized spacial score (nSPS) is 12.9. The number of halogens is 1. The third-order valence-corrected chi connectivity index (χ3v) is 2.78. The average Bonchev–Trinajstić information content (AvgIpc) is 2.18. The van der Waals surface area contributed by atoms with E-state index in [4.69, 9.17) is 17.3 Å². The highest BCUT2D eigenvalue weighted by molar-refractivity contribution is 6.33. The number of hydrogen-bond acceptors (Lipinski definition) is 2. The van der Waals surface area contributed by atoms with Crippen LogP contribution in [0.15, 0.2) is 24.3 Å². The number of nitrogens with two attached hydrogens (primary N) is 1. The zero-order valence-electron chi connectivity index (χ0n) is 9.03. The van der Waals surface area contributed by atoms with E-state index in [9.17, 15) is 4.79 Å². The molecule has 1 atom stereocenters. The Hall–Kier alpha value is -0.860. The van der Waals surface area contributed by atoms with E-state index in [2.05, 4.69) is 0 Å². The summed E-state index contributed by atoms with van der Waals surface area (Å²) in [6, 6.07) is 6.96. The Morgan fingerprint density at radius 3 is 2.53 bits per heavy atom. The van der Waals surface area contributed by atoms with Crippen LogP contribution in [0.2, 0.25) is 5.02 Å². The fraction of sp³-hybridized carbons (Fsp3) is 0.417. The van der Waals surface area contributed by atoms with Crippen LogP contribution in [0.25, 0.3) is 0 Å². The third-order valence-electron chi connectivity index (χ3n) is 2.45. The van der Waals surface area contributed by atoms with Gasteiger partial charge in [0.25, 0.3) is 0 Å². The molecule has 0 radical (unpaired) electrons. The summed E-state index contributed by atoms with van der Waals surface area (Å²) in [6.07, 6.45) is 0.349. The summed E-state index contributed by atoms with van der Waals surface area (Å²) in [5.74, 6) is 0.318. The first-order valence-electron chi connectivity index (χ1n) is 5.05. The van der Waals surface area contributed by atoms with Gasteiger partial charge in [0.15, 0.2) is 5.78 Å². The van der Waals surface area contributed by atoms with Crippen molar-refractivity contribution in [1.29, 1.82) is 0 Å². The summed E-state index contributed by atoms with van der Waals surface area (Å²) in [5.41, 5.74) is 6.41. The smallest absolute Gasteiger partial charge is 0.165 e. The lowest BCUT2D eigenvalue weighted by Crippen LogP contribution is -2.29. The lowest BCUT2D eigenvalue weighted by atomic mass is 9.97. The average molecular weight is 226 g/mol. The number of rotatable bonds is 4. The van der Waals surface area contributed by atoms with Gasteiger partial charge in [0.1, 0.15) is 0 Å². The fourth-order valence-corrected chi connectivity index (χ4v) is 1.49. The summed E-state index contributed by atoms with van der Waals surface area (Å²) in [7, 11) is 0. The molecule has 2 N–H and O–H groups in total. The molecule has 0 spiro atoms. The van der Waals surface area contributed by atoms with Crippen molar-refractivity contribution in [1.82, 2.24) is 0 Å². The highest BCUT2D eigenvalue weighted by Gasteiger charge is 2.16. The van der Waals surface area contributed by atoms with Gasteiger partial charge in [0.05, 0.1) is 5.02 Å². The molecule has 0 aromatic heterocycles. The van der Waals surface area contributed by atoms with Gasteiger partial charge < -0.3 is 5.73 Å². The van der Waals surface area contributed by atoms with Crippen LogP contribution in [0.5, 0.6) is 0 Å². The molecule has 0 bridgehead atoms. The van der Waals surface area contributed by atoms with Crippen molar-refractivity contribution in [2.24, 2.45) is 11.7 Å². The minimum atomic E-state index is -0.103. The van der Waals surface area contributed by atoms with Gasteiger partial charge >= 0.3 is 0 Å². The van der Waals surface area contributed by atoms with Crippen molar-refractivity contribution in [3.8, 4) is 0 Å². The molecular weight excluding hydrogens is 210 g/mol. The van der Waals surface area contributed by atoms with Crippen molar-refractivity contribution in [2.45, 2.75) is 26.3 Å². The largest absolute Gasteiger partial charge is 0.327 e. The van der Waals surface area contributed by atoms with Gasteiger partial charge in [-0.1, -0.05) is 37.6 Å². The number of hydrogen-bond donors (Lipinski definition) is 1. The van der Waals surface area contributed by atoms with Crippen molar-refractivity contribution in [3.63, 3.8) is 0 Å². The van der Waals surface area contributed by atoms with Crippen LogP contribution >= 0.6 is 11.6 Å². The Morgan fingerprint density at radius 1 is 1.40 bits per heavy atom. The molecule has 82 valence electrons. The molecular formula is C12H16ClNO. The zero-order chi connectivity index (χ0) is 11.4. The van der Waals surface area contributed by atoms with E-state index in [0.29, 0.717) is 22.9 Å². The van der Waals surface area contributed by atoms with Gasteiger partial charge in [-0.25, -0.2) is 0 Å². The number of ketones is 1. The molecule has 0 heterocycles. The Balaban J connectivity index is 2.74. The Morgan fingerprint density at radius 2 is 2.00 bits per heavy atom. The lowest BCUT2D eigenvalue weighted by molar-refractivity contribution is 0.0968. The van der Waals surface area contributed by atoms with Crippen molar-refractivity contribution in [2.75, 3.05) is 0 Å². The molecule has 0 aliphatic heterocycles. The van der Waals surface area contributed by atoms with E-state index in [0.717, 1.165) is 0 Å². The summed E-state index contributed by atoms with van der Waals surface area (Å²) in [6.45, 7) is 4.01. The van der Waals surface area contributed by atoms with E-state index < -0.39 is 0 Å². The van der Waals surface area contributed by atoms with Gasteiger partial charge in [-0.2, -0.15) is 0 Å². The van der Waals surface area contributed by atoms with Gasteiger partial charge in [0, 0.05) is 18.0 Å². The lowest BCUT2D eigenvalue weighted by Gasteiger charge is -2.14. The highest BCUT2D eigenvalue weighted by Crippen LogP contribution is 2.18. The summed E-state index contributed by atoms with van der Waals surface area (Å²) in [4.78, 5) is 11.8. The summed E-state index contributed by atoms with van der Waals surface area (Å²) in [5, 5.41) is 0.499. The third kappa shape index (κ3) is 3.33. The van der Waals surface area contributed by atoms with Gasteiger partial charge in [-0.05, 0) is 18.1 Å². The molecule has 0 saturated carbocycles. The van der Waals surface area contributed by atoms with E-state index in [-0.39, 0.29) is 11.8 Å². The molecule has 0 saturated heterocycles. The maximum atomic E-state index is 11.8. The quantitative estimate of drug-likeness (QED) is 0.801. The molecule has 0 aliphatic carbocycles. The second-order valence-corrected chi connectivity index (χ2v) is 4.42. The molecule has 0 fully saturated rings. The predicted octanol–water partition coefficient (Wildman–Crippen LogP) is 2.90. The molecule has 1 aromatic carbocycles. The van der Waals surface area contributed by atoms with Gasteiger partial charge in [-0.3, -0.25) is 4.79 Å². The van der Waals surface area contributed by atoms with Crippen molar-refractivity contribution >= 4 is 17.4 Å². The maximum absolute atomic E-state index is 11.8. The Labute approximate surface area is 95.4 Å². The topological polar surface area (TPSA) is 43.1 Å². The highest BCUT2D eigenvalue weighted by atomic mass is 35.5. The molecule has 1 unspecified atom stereocenters. The molecule has 2 nitrogen and oxygen atoms in total. The predicted molar refractivity (Wildman–Crippen MR) is 63.2 cm³/mol. The van der Waals surface area contributed by atoms with Gasteiger partial charge in [0.2, 0.25) is 0 Å². The first-order valence-corrected chi connectivity index (χ1v) is 5.43. The number of carbonyl (C=O) groups excluding carboxylic acids is 1. The van der Waals surface area contributed by atoms with Crippen LogP contribution in [0, 0.1) is 5.92 Å². The maximum Gasteiger partial charge on any atom is 0.165 e. The summed E-state index contributed by atoms with van der Waals surface area (Å²) < 4.78 is 0. The number of Topliss-reactive ketones (excluding diaryl/α,β-unsaturated/α-hetero) is 1. The van der Waals surface area contributed by atoms with Crippen LogP contribution in [-0.2, 0) is 0 Å². The van der Waals surface area contributed by atoms with Crippen molar-refractivity contribution < 1.29 is 4.79 Å². The van der Waals surface area contributed by atoms with E-state index in [1.54, 1.807) is 18.2 Å². The van der Waals surface area contributed by atoms with Crippen LogP contribution in [0.3, 0.4) is 0 Å². The van der Waals surface area contributed by atoms with Crippen LogP contribution in [-0.4, -0.2) is 11.8 Å². The van der Waals surface area contributed by atoms with E-state index >= 15 is 0 Å². The van der Waals surface area contributed by atoms with E-state index in [1.165, 1.54) is 0 Å². The fourth-order valence-electron chi connectivity index (χ4n) is 1.25. The molecule has 3 heteroatoms. The molecule has 1 rings (SSSR count). The first kappa shape index (κ1) is 12.2. The van der Waals surface area contributed by atoms with Crippen LogP contribution < -0.4 is 5.73 Å². The minimum Gasteiger partial charge on any atom is -0.327 e. The molecule has 0 amide bonds. The monoisotopic (exact) mass is 225 g/mol. The number of benzene rings is 1. The van der Waals surface area contributed by atoms with Crippen LogP contribution in [0.1, 0.15) is 30.6 Å². The van der Waals surface area contributed by atoms with Crippen LogP contribution in [0.4, 0.5) is 0 Å². The second kappa shape index (κ2) is 5.29. The minimum absolute atomic E-state index is 0.0156. The van der Waals surface area contributed by atoms with E-state index in [1.807, 2.05) is 19.9 Å². The summed E-state index contributed by atoms with van der Waals surface area (Å²) >= 11 is 5.92. The van der Waals surface area contributed by atoms with Gasteiger partial charge in [-0.15, -0.1) is 0 Å². The Kier molecular flexibility index (Phi) is 4.30. The standard InChI is InChI=1S/C12H16ClNO/c1-8(2)11(14)7-12(15)9-5-3-4-6-10(9)13/h3-6,8,11H,7,14H2,1-2H3.